The summed E-state index contributed by atoms with van der Waals surface area (Å²) < 4.78 is 15.2. The molecule has 0 atom stereocenters. The Morgan fingerprint density at radius 1 is 1.00 bits per heavy atom. The van der Waals surface area contributed by atoms with Crippen molar-refractivity contribution in [3.63, 3.8) is 0 Å². The SMILES string of the molecule is Fc1ccccc1C1=NCc2cncnc2-c2cc(Br)ccc21. The molecule has 0 saturated carbocycles. The third-order valence-corrected chi connectivity index (χ3v) is 4.31. The zero-order valence-electron chi connectivity index (χ0n) is 12.0. The predicted octanol–water partition coefficient (Wildman–Crippen LogP) is 4.40. The molecule has 2 aromatic carbocycles. The minimum absolute atomic E-state index is 0.280. The van der Waals surface area contributed by atoms with E-state index in [4.69, 9.17) is 0 Å². The summed E-state index contributed by atoms with van der Waals surface area (Å²) in [5.74, 6) is -0.280. The van der Waals surface area contributed by atoms with Crippen LogP contribution < -0.4 is 0 Å². The van der Waals surface area contributed by atoms with Gasteiger partial charge in [0.15, 0.2) is 0 Å². The van der Waals surface area contributed by atoms with E-state index in [0.717, 1.165) is 26.9 Å². The van der Waals surface area contributed by atoms with Crippen LogP contribution in [-0.4, -0.2) is 15.7 Å². The van der Waals surface area contributed by atoms with Crippen molar-refractivity contribution in [2.45, 2.75) is 6.54 Å². The van der Waals surface area contributed by atoms with Gasteiger partial charge in [-0.05, 0) is 24.3 Å². The lowest BCUT2D eigenvalue weighted by molar-refractivity contribution is 0.625. The standard InChI is InChI=1S/C18H11BrFN3/c19-12-5-6-13-15(7-12)17-11(8-21-10-23-17)9-22-18(13)14-3-1-2-4-16(14)20/h1-8,10H,9H2. The van der Waals surface area contributed by atoms with Gasteiger partial charge >= 0.3 is 0 Å². The van der Waals surface area contributed by atoms with Crippen LogP contribution in [0.5, 0.6) is 0 Å². The average molecular weight is 368 g/mol. The Morgan fingerprint density at radius 3 is 2.74 bits per heavy atom. The molecule has 0 fully saturated rings. The van der Waals surface area contributed by atoms with Gasteiger partial charge in [0.2, 0.25) is 0 Å². The number of nitrogens with zero attached hydrogens (tertiary/aromatic N) is 3. The Bertz CT molecular complexity index is 937. The average Bonchev–Trinajstić information content (AvgIpc) is 2.73. The maximum atomic E-state index is 14.3. The zero-order valence-corrected chi connectivity index (χ0v) is 13.6. The van der Waals surface area contributed by atoms with Crippen molar-refractivity contribution in [1.29, 1.82) is 0 Å². The summed E-state index contributed by atoms with van der Waals surface area (Å²) in [7, 11) is 0. The van der Waals surface area contributed by atoms with Gasteiger partial charge in [-0.2, -0.15) is 0 Å². The molecule has 0 bridgehead atoms. The van der Waals surface area contributed by atoms with Gasteiger partial charge in [-0.15, -0.1) is 0 Å². The smallest absolute Gasteiger partial charge is 0.132 e. The number of rotatable bonds is 1. The van der Waals surface area contributed by atoms with Crippen LogP contribution in [0.15, 0.2) is 64.5 Å². The normalized spacial score (nSPS) is 12.9. The molecule has 0 N–H and O–H groups in total. The summed E-state index contributed by atoms with van der Waals surface area (Å²) in [6.07, 6.45) is 3.29. The van der Waals surface area contributed by atoms with Crippen molar-refractivity contribution >= 4 is 21.6 Å². The Balaban J connectivity index is 2.02. The summed E-state index contributed by atoms with van der Waals surface area (Å²) >= 11 is 3.50. The lowest BCUT2D eigenvalue weighted by Crippen LogP contribution is -2.07. The first-order valence-corrected chi connectivity index (χ1v) is 7.92. The van der Waals surface area contributed by atoms with Gasteiger partial charge in [0, 0.05) is 32.9 Å². The molecule has 0 amide bonds. The van der Waals surface area contributed by atoms with E-state index in [0.29, 0.717) is 17.8 Å². The second-order valence-electron chi connectivity index (χ2n) is 5.23. The molecule has 0 unspecified atom stereocenters. The first-order chi connectivity index (χ1) is 11.2. The molecule has 3 aromatic rings. The second-order valence-corrected chi connectivity index (χ2v) is 6.15. The topological polar surface area (TPSA) is 38.1 Å². The molecule has 1 aromatic heterocycles. The summed E-state index contributed by atoms with van der Waals surface area (Å²) in [4.78, 5) is 13.1. The van der Waals surface area contributed by atoms with Gasteiger partial charge < -0.3 is 0 Å². The number of halogens is 2. The van der Waals surface area contributed by atoms with Crippen molar-refractivity contribution in [3.05, 3.63) is 82.0 Å². The van der Waals surface area contributed by atoms with Crippen molar-refractivity contribution < 1.29 is 4.39 Å². The van der Waals surface area contributed by atoms with Gasteiger partial charge in [-0.25, -0.2) is 14.4 Å². The molecule has 4 rings (SSSR count). The van der Waals surface area contributed by atoms with E-state index in [-0.39, 0.29) is 5.82 Å². The molecule has 1 aliphatic rings. The molecule has 2 heterocycles. The molecule has 0 spiro atoms. The third kappa shape index (κ3) is 2.47. The van der Waals surface area contributed by atoms with Gasteiger partial charge in [-0.3, -0.25) is 4.99 Å². The first-order valence-electron chi connectivity index (χ1n) is 7.12. The summed E-state index contributed by atoms with van der Waals surface area (Å²) in [6, 6.07) is 12.6. The predicted molar refractivity (Wildman–Crippen MR) is 90.9 cm³/mol. The van der Waals surface area contributed by atoms with E-state index in [9.17, 15) is 4.39 Å². The Morgan fingerprint density at radius 2 is 1.87 bits per heavy atom. The highest BCUT2D eigenvalue weighted by Crippen LogP contribution is 2.33. The molecular weight excluding hydrogens is 357 g/mol. The van der Waals surface area contributed by atoms with E-state index < -0.39 is 0 Å². The minimum atomic E-state index is -0.280. The largest absolute Gasteiger partial charge is 0.279 e. The maximum Gasteiger partial charge on any atom is 0.132 e. The number of fused-ring (bicyclic) bond motifs is 3. The number of hydrogen-bond acceptors (Lipinski definition) is 3. The monoisotopic (exact) mass is 367 g/mol. The highest BCUT2D eigenvalue weighted by molar-refractivity contribution is 9.10. The van der Waals surface area contributed by atoms with Gasteiger partial charge in [0.05, 0.1) is 18.0 Å². The van der Waals surface area contributed by atoms with E-state index in [1.807, 2.05) is 24.3 Å². The summed E-state index contributed by atoms with van der Waals surface area (Å²) in [5.41, 5.74) is 4.71. The molecule has 1 aliphatic heterocycles. The van der Waals surface area contributed by atoms with Crippen molar-refractivity contribution in [1.82, 2.24) is 9.97 Å². The van der Waals surface area contributed by atoms with Crippen LogP contribution in [-0.2, 0) is 6.54 Å². The minimum Gasteiger partial charge on any atom is -0.279 e. The van der Waals surface area contributed by atoms with Crippen molar-refractivity contribution in [2.75, 3.05) is 0 Å². The molecular formula is C18H11BrFN3. The second kappa shape index (κ2) is 5.66. The maximum absolute atomic E-state index is 14.3. The fourth-order valence-electron chi connectivity index (χ4n) is 2.77. The van der Waals surface area contributed by atoms with E-state index in [1.165, 1.54) is 12.4 Å². The molecule has 0 aliphatic carbocycles. The van der Waals surface area contributed by atoms with Crippen LogP contribution in [0.4, 0.5) is 4.39 Å². The lowest BCUT2D eigenvalue weighted by Gasteiger charge is -2.11. The molecule has 112 valence electrons. The van der Waals surface area contributed by atoms with E-state index in [2.05, 4.69) is 30.9 Å². The van der Waals surface area contributed by atoms with Crippen LogP contribution in [0, 0.1) is 5.82 Å². The Hall–Kier alpha value is -2.40. The van der Waals surface area contributed by atoms with Crippen LogP contribution in [0.1, 0.15) is 16.7 Å². The highest BCUT2D eigenvalue weighted by Gasteiger charge is 2.21. The number of aliphatic imine (C=N–C) groups is 1. The summed E-state index contributed by atoms with van der Waals surface area (Å²) in [5, 5.41) is 0. The summed E-state index contributed by atoms with van der Waals surface area (Å²) in [6.45, 7) is 0.423. The fraction of sp³-hybridized carbons (Fsp3) is 0.0556. The van der Waals surface area contributed by atoms with Gasteiger partial charge in [-0.1, -0.05) is 34.1 Å². The van der Waals surface area contributed by atoms with Crippen molar-refractivity contribution in [2.24, 2.45) is 4.99 Å². The van der Waals surface area contributed by atoms with E-state index in [1.54, 1.807) is 18.3 Å². The van der Waals surface area contributed by atoms with Crippen LogP contribution in [0.3, 0.4) is 0 Å². The quantitative estimate of drug-likeness (QED) is 0.639. The van der Waals surface area contributed by atoms with Crippen LogP contribution in [0.2, 0.25) is 0 Å². The number of hydrogen-bond donors (Lipinski definition) is 0. The first kappa shape index (κ1) is 14.2. The molecule has 0 radical (unpaired) electrons. The van der Waals surface area contributed by atoms with E-state index >= 15 is 0 Å². The van der Waals surface area contributed by atoms with Gasteiger partial charge in [0.1, 0.15) is 12.1 Å². The molecule has 5 heteroatoms. The number of aromatic nitrogens is 2. The Labute approximate surface area is 141 Å². The Kier molecular flexibility index (Phi) is 3.50. The molecule has 23 heavy (non-hydrogen) atoms. The van der Waals surface area contributed by atoms with Crippen molar-refractivity contribution in [3.8, 4) is 11.3 Å². The lowest BCUT2D eigenvalue weighted by atomic mass is 9.95. The fourth-order valence-corrected chi connectivity index (χ4v) is 3.13. The molecule has 3 nitrogen and oxygen atoms in total. The van der Waals surface area contributed by atoms with Gasteiger partial charge in [0.25, 0.3) is 0 Å². The van der Waals surface area contributed by atoms with Crippen LogP contribution in [0.25, 0.3) is 11.3 Å². The van der Waals surface area contributed by atoms with Crippen LogP contribution >= 0.6 is 15.9 Å². The zero-order chi connectivity index (χ0) is 15.8. The number of benzene rings is 2. The highest BCUT2D eigenvalue weighted by atomic mass is 79.9. The third-order valence-electron chi connectivity index (χ3n) is 3.82. The molecule has 0 saturated heterocycles.